The summed E-state index contributed by atoms with van der Waals surface area (Å²) >= 11 is 3.60. The smallest absolute Gasteiger partial charge is 0.149 e. The molecule has 1 aliphatic heterocycles. The maximum atomic E-state index is 5.95. The van der Waals surface area contributed by atoms with E-state index in [-0.39, 0.29) is 0 Å². The minimum atomic E-state index is 0.299. The average Bonchev–Trinajstić information content (AvgIpc) is 2.95. The van der Waals surface area contributed by atoms with Crippen LogP contribution in [-0.4, -0.2) is 36.0 Å². The Labute approximate surface area is 129 Å². The zero-order valence-corrected chi connectivity index (χ0v) is 13.9. The number of aromatic nitrogens is 1. The van der Waals surface area contributed by atoms with Gasteiger partial charge in [0.25, 0.3) is 0 Å². The molecule has 1 aromatic heterocycles. The summed E-state index contributed by atoms with van der Waals surface area (Å²) in [5.41, 5.74) is 0.299. The molecule has 3 nitrogen and oxygen atoms in total. The third-order valence-electron chi connectivity index (χ3n) is 4.65. The molecule has 1 saturated carbocycles. The molecule has 1 saturated heterocycles. The molecule has 2 heterocycles. The first-order chi connectivity index (χ1) is 9.69. The van der Waals surface area contributed by atoms with Crippen LogP contribution in [0.15, 0.2) is 15.9 Å². The minimum absolute atomic E-state index is 0.299. The van der Waals surface area contributed by atoms with Crippen LogP contribution in [0.25, 0.3) is 0 Å². The number of ether oxygens (including phenoxy) is 1. The van der Waals surface area contributed by atoms with E-state index in [4.69, 9.17) is 4.74 Å². The Kier molecular flexibility index (Phi) is 4.70. The fraction of sp³-hybridized carbons (Fsp3) is 0.800. The summed E-state index contributed by atoms with van der Waals surface area (Å²) in [5.74, 6) is 1.89. The van der Waals surface area contributed by atoms with Crippen LogP contribution in [0.4, 0.5) is 0 Å². The van der Waals surface area contributed by atoms with Gasteiger partial charge < -0.3 is 10.1 Å². The molecule has 1 aliphatic carbocycles. The van der Waals surface area contributed by atoms with E-state index in [0.717, 1.165) is 24.8 Å². The molecule has 0 bridgehead atoms. The molecule has 1 aromatic rings. The number of fused-ring (bicyclic) bond motifs is 1. The number of nitrogens with zero attached hydrogens (tertiary/aromatic N) is 1. The van der Waals surface area contributed by atoms with E-state index in [1.807, 2.05) is 23.3 Å². The van der Waals surface area contributed by atoms with Crippen molar-refractivity contribution in [3.05, 3.63) is 11.6 Å². The van der Waals surface area contributed by atoms with Gasteiger partial charge in [-0.2, -0.15) is 0 Å². The Balaban J connectivity index is 1.38. The molecule has 0 unspecified atom stereocenters. The number of hydrogen-bond acceptors (Lipinski definition) is 5. The standard InChI is InChI=1S/C15H24N2OS2/c1-15(2)12(11-5-3-8-18-13(11)15)16-6-4-9-19-14-17-7-10-20-14/h7,10-13,16H,3-6,8-9H2,1-2H3/t11-,12-,13+/m1/s1. The van der Waals surface area contributed by atoms with Gasteiger partial charge in [-0.15, -0.1) is 11.3 Å². The van der Waals surface area contributed by atoms with Crippen molar-refractivity contribution in [2.24, 2.45) is 11.3 Å². The van der Waals surface area contributed by atoms with Crippen molar-refractivity contribution in [2.75, 3.05) is 18.9 Å². The van der Waals surface area contributed by atoms with Gasteiger partial charge in [0.2, 0.25) is 0 Å². The topological polar surface area (TPSA) is 34.2 Å². The monoisotopic (exact) mass is 312 g/mol. The second-order valence-corrected chi connectivity index (χ2v) is 8.59. The van der Waals surface area contributed by atoms with Crippen LogP contribution in [0, 0.1) is 11.3 Å². The van der Waals surface area contributed by atoms with E-state index in [1.165, 1.54) is 23.6 Å². The molecule has 0 aromatic carbocycles. The molecule has 0 amide bonds. The summed E-state index contributed by atoms with van der Waals surface area (Å²) in [7, 11) is 0. The van der Waals surface area contributed by atoms with Crippen LogP contribution in [0.5, 0.6) is 0 Å². The average molecular weight is 313 g/mol. The Morgan fingerprint density at radius 1 is 1.55 bits per heavy atom. The largest absolute Gasteiger partial charge is 0.377 e. The molecule has 3 atom stereocenters. The van der Waals surface area contributed by atoms with E-state index in [0.29, 0.717) is 17.6 Å². The summed E-state index contributed by atoms with van der Waals surface area (Å²) < 4.78 is 7.14. The highest BCUT2D eigenvalue weighted by Gasteiger charge is 2.57. The summed E-state index contributed by atoms with van der Waals surface area (Å²) in [6.07, 6.45) is 6.13. The first-order valence-corrected chi connectivity index (χ1v) is 9.43. The lowest BCUT2D eigenvalue weighted by molar-refractivity contribution is -0.192. The van der Waals surface area contributed by atoms with Crippen molar-refractivity contribution in [1.29, 1.82) is 0 Å². The fourth-order valence-corrected chi connectivity index (χ4v) is 5.36. The van der Waals surface area contributed by atoms with Crippen LogP contribution in [0.3, 0.4) is 0 Å². The van der Waals surface area contributed by atoms with Crippen LogP contribution in [0.1, 0.15) is 33.1 Å². The molecule has 112 valence electrons. The van der Waals surface area contributed by atoms with Crippen LogP contribution in [0.2, 0.25) is 0 Å². The molecule has 5 heteroatoms. The minimum Gasteiger partial charge on any atom is -0.377 e. The molecule has 1 N–H and O–H groups in total. The predicted octanol–water partition coefficient (Wildman–Crippen LogP) is 3.42. The van der Waals surface area contributed by atoms with E-state index >= 15 is 0 Å². The molecule has 0 radical (unpaired) electrons. The lowest BCUT2D eigenvalue weighted by atomic mass is 9.55. The second-order valence-electron chi connectivity index (χ2n) is 6.35. The Morgan fingerprint density at radius 2 is 2.45 bits per heavy atom. The molecule has 0 spiro atoms. The number of thiazole rings is 1. The maximum absolute atomic E-state index is 5.95. The SMILES string of the molecule is CC1(C)[C@H](NCCCSc2nccs2)[C@H]2CCCO[C@@H]21. The zero-order chi connectivity index (χ0) is 14.0. The van der Waals surface area contributed by atoms with Gasteiger partial charge in [-0.05, 0) is 25.8 Å². The van der Waals surface area contributed by atoms with Crippen molar-refractivity contribution in [3.63, 3.8) is 0 Å². The maximum Gasteiger partial charge on any atom is 0.149 e. The first kappa shape index (κ1) is 14.8. The van der Waals surface area contributed by atoms with Crippen LogP contribution in [-0.2, 0) is 4.74 Å². The summed E-state index contributed by atoms with van der Waals surface area (Å²) in [6, 6.07) is 0.637. The Hall–Kier alpha value is -0.100. The Morgan fingerprint density at radius 3 is 3.25 bits per heavy atom. The number of thioether (sulfide) groups is 1. The lowest BCUT2D eigenvalue weighted by Gasteiger charge is -2.60. The normalized spacial score (nSPS) is 31.6. The number of nitrogens with one attached hydrogen (secondary N) is 1. The Bertz CT molecular complexity index is 422. The number of hydrogen-bond donors (Lipinski definition) is 1. The zero-order valence-electron chi connectivity index (χ0n) is 12.3. The summed E-state index contributed by atoms with van der Waals surface area (Å²) in [4.78, 5) is 4.30. The van der Waals surface area contributed by atoms with E-state index in [9.17, 15) is 0 Å². The van der Waals surface area contributed by atoms with Gasteiger partial charge in [0.15, 0.2) is 0 Å². The first-order valence-electron chi connectivity index (χ1n) is 7.57. The summed E-state index contributed by atoms with van der Waals surface area (Å²) in [5, 5.41) is 5.82. The quantitative estimate of drug-likeness (QED) is 0.645. The fourth-order valence-electron chi connectivity index (χ4n) is 3.71. The molecule has 2 fully saturated rings. The molecule has 2 aliphatic rings. The third kappa shape index (κ3) is 2.91. The molecular formula is C15H24N2OS2. The van der Waals surface area contributed by atoms with Gasteiger partial charge in [0.05, 0.1) is 6.10 Å². The highest BCUT2D eigenvalue weighted by atomic mass is 32.2. The second kappa shape index (κ2) is 6.34. The van der Waals surface area contributed by atoms with Crippen LogP contribution < -0.4 is 5.32 Å². The summed E-state index contributed by atoms with van der Waals surface area (Å²) in [6.45, 7) is 6.76. The van der Waals surface area contributed by atoms with Gasteiger partial charge >= 0.3 is 0 Å². The van der Waals surface area contributed by atoms with Crippen molar-refractivity contribution in [1.82, 2.24) is 10.3 Å². The van der Waals surface area contributed by atoms with Gasteiger partial charge in [0, 0.05) is 41.3 Å². The predicted molar refractivity (Wildman–Crippen MR) is 85.5 cm³/mol. The molecule has 20 heavy (non-hydrogen) atoms. The van der Waals surface area contributed by atoms with E-state index < -0.39 is 0 Å². The lowest BCUT2D eigenvalue weighted by Crippen LogP contribution is -2.69. The number of rotatable bonds is 6. The third-order valence-corrected chi connectivity index (χ3v) is 6.70. The van der Waals surface area contributed by atoms with Gasteiger partial charge in [-0.25, -0.2) is 4.98 Å². The van der Waals surface area contributed by atoms with Gasteiger partial charge in [0.1, 0.15) is 4.34 Å². The van der Waals surface area contributed by atoms with E-state index in [1.54, 1.807) is 11.3 Å². The van der Waals surface area contributed by atoms with Crippen molar-refractivity contribution < 1.29 is 4.74 Å². The van der Waals surface area contributed by atoms with E-state index in [2.05, 4.69) is 24.1 Å². The van der Waals surface area contributed by atoms with Crippen molar-refractivity contribution >= 4 is 23.1 Å². The highest BCUT2D eigenvalue weighted by Crippen LogP contribution is 2.51. The molecular weight excluding hydrogens is 288 g/mol. The van der Waals surface area contributed by atoms with Gasteiger partial charge in [-0.3, -0.25) is 0 Å². The van der Waals surface area contributed by atoms with Crippen molar-refractivity contribution in [2.45, 2.75) is 49.6 Å². The van der Waals surface area contributed by atoms with Crippen molar-refractivity contribution in [3.8, 4) is 0 Å². The van der Waals surface area contributed by atoms with Gasteiger partial charge in [-0.1, -0.05) is 25.6 Å². The highest BCUT2D eigenvalue weighted by molar-refractivity contribution is 8.00. The van der Waals surface area contributed by atoms with Crippen LogP contribution >= 0.6 is 23.1 Å². The molecule has 3 rings (SSSR count).